The second-order valence-corrected chi connectivity index (χ2v) is 10.3. The predicted octanol–water partition coefficient (Wildman–Crippen LogP) is 7.04. The van der Waals surface area contributed by atoms with E-state index in [1.165, 1.54) is 31.2 Å². The van der Waals surface area contributed by atoms with Crippen LogP contribution in [0.5, 0.6) is 11.5 Å². The zero-order valence-corrected chi connectivity index (χ0v) is 18.4. The normalized spacial score (nSPS) is 16.5. The second kappa shape index (κ2) is 7.44. The predicted molar refractivity (Wildman–Crippen MR) is 112 cm³/mol. The Balaban J connectivity index is 2.59. The highest BCUT2D eigenvalue weighted by atomic mass is 16.5. The second-order valence-electron chi connectivity index (χ2n) is 10.3. The Kier molecular flexibility index (Phi) is 6.05. The molecule has 1 aromatic rings. The third-order valence-corrected chi connectivity index (χ3v) is 5.72. The number of hydrogen-bond donors (Lipinski definition) is 1. The highest BCUT2D eigenvalue weighted by molar-refractivity contribution is 5.59. The van der Waals surface area contributed by atoms with Crippen LogP contribution in [0.1, 0.15) is 111 Å². The smallest absolute Gasteiger partial charge is 0.124 e. The van der Waals surface area contributed by atoms with Crippen LogP contribution in [0.15, 0.2) is 6.07 Å². The number of hydrogen-bond acceptors (Lipinski definition) is 2. The fourth-order valence-corrected chi connectivity index (χ4v) is 4.33. The zero-order valence-electron chi connectivity index (χ0n) is 18.4. The number of unbranched alkanes of at least 4 members (excludes halogenated alkanes) is 2. The van der Waals surface area contributed by atoms with Gasteiger partial charge >= 0.3 is 0 Å². The molecule has 1 aliphatic heterocycles. The first-order valence-corrected chi connectivity index (χ1v) is 10.5. The molecule has 148 valence electrons. The lowest BCUT2D eigenvalue weighted by molar-refractivity contribution is 0.0695. The van der Waals surface area contributed by atoms with Crippen LogP contribution in [0.3, 0.4) is 0 Å². The number of fused-ring (bicyclic) bond motifs is 1. The lowest BCUT2D eigenvalue weighted by Crippen LogP contribution is -2.34. The average Bonchev–Trinajstić information content (AvgIpc) is 2.86. The molecule has 0 atom stereocenters. The van der Waals surface area contributed by atoms with E-state index in [0.717, 1.165) is 36.1 Å². The van der Waals surface area contributed by atoms with Crippen molar-refractivity contribution < 1.29 is 9.84 Å². The van der Waals surface area contributed by atoms with Gasteiger partial charge in [0, 0.05) is 23.1 Å². The molecule has 0 aromatic heterocycles. The van der Waals surface area contributed by atoms with Crippen molar-refractivity contribution in [3.8, 4) is 11.5 Å². The first kappa shape index (κ1) is 21.1. The molecule has 0 bridgehead atoms. The van der Waals surface area contributed by atoms with Gasteiger partial charge in [-0.3, -0.25) is 0 Å². The largest absolute Gasteiger partial charge is 0.507 e. The number of ether oxygens (including phenoxy) is 1. The number of rotatable bonds is 6. The van der Waals surface area contributed by atoms with Crippen LogP contribution in [0, 0.1) is 0 Å². The van der Waals surface area contributed by atoms with Crippen LogP contribution in [0.25, 0.3) is 0 Å². The Morgan fingerprint density at radius 1 is 0.962 bits per heavy atom. The molecule has 0 spiro atoms. The van der Waals surface area contributed by atoms with Crippen molar-refractivity contribution in [1.82, 2.24) is 0 Å². The van der Waals surface area contributed by atoms with Gasteiger partial charge in [0.05, 0.1) is 0 Å². The maximum absolute atomic E-state index is 11.2. The third-order valence-electron chi connectivity index (χ3n) is 5.72. The molecule has 1 N–H and O–H groups in total. The molecular formula is C24H40O2. The molecule has 0 amide bonds. The van der Waals surface area contributed by atoms with E-state index in [9.17, 15) is 5.11 Å². The SMILES string of the molecule is CCCCC1(CCCC)Cc2c(cc(C(C)(C)C)c(O)c2C(C)(C)C)O1. The van der Waals surface area contributed by atoms with Crippen molar-refractivity contribution in [2.75, 3.05) is 0 Å². The summed E-state index contributed by atoms with van der Waals surface area (Å²) in [7, 11) is 0. The van der Waals surface area contributed by atoms with Gasteiger partial charge in [-0.1, -0.05) is 68.2 Å². The Bertz CT molecular complexity index is 621. The van der Waals surface area contributed by atoms with E-state index in [1.54, 1.807) is 0 Å². The Morgan fingerprint density at radius 2 is 1.50 bits per heavy atom. The van der Waals surface area contributed by atoms with Gasteiger partial charge < -0.3 is 9.84 Å². The minimum absolute atomic E-state index is 0.0860. The van der Waals surface area contributed by atoms with Gasteiger partial charge in [-0.15, -0.1) is 0 Å². The summed E-state index contributed by atoms with van der Waals surface area (Å²) in [6.45, 7) is 17.6. The number of aromatic hydroxyl groups is 1. The monoisotopic (exact) mass is 360 g/mol. The number of phenols is 1. The number of benzene rings is 1. The maximum Gasteiger partial charge on any atom is 0.124 e. The van der Waals surface area contributed by atoms with Crippen molar-refractivity contribution in [2.45, 2.75) is 117 Å². The van der Waals surface area contributed by atoms with Crippen LogP contribution in [-0.4, -0.2) is 10.7 Å². The van der Waals surface area contributed by atoms with Crippen molar-refractivity contribution in [2.24, 2.45) is 0 Å². The Labute approximate surface area is 161 Å². The summed E-state index contributed by atoms with van der Waals surface area (Å²) >= 11 is 0. The van der Waals surface area contributed by atoms with Crippen LogP contribution in [0.4, 0.5) is 0 Å². The fourth-order valence-electron chi connectivity index (χ4n) is 4.33. The van der Waals surface area contributed by atoms with E-state index in [0.29, 0.717) is 5.75 Å². The van der Waals surface area contributed by atoms with Crippen molar-refractivity contribution >= 4 is 0 Å². The Morgan fingerprint density at radius 3 is 1.92 bits per heavy atom. The maximum atomic E-state index is 11.2. The van der Waals surface area contributed by atoms with E-state index in [2.05, 4.69) is 61.5 Å². The van der Waals surface area contributed by atoms with Crippen LogP contribution >= 0.6 is 0 Å². The summed E-state index contributed by atoms with van der Waals surface area (Å²) in [5.41, 5.74) is 3.04. The molecule has 26 heavy (non-hydrogen) atoms. The summed E-state index contributed by atoms with van der Waals surface area (Å²) < 4.78 is 6.71. The average molecular weight is 361 g/mol. The molecule has 0 aliphatic carbocycles. The van der Waals surface area contributed by atoms with Gasteiger partial charge in [-0.2, -0.15) is 0 Å². The topological polar surface area (TPSA) is 29.5 Å². The van der Waals surface area contributed by atoms with E-state index < -0.39 is 0 Å². The molecule has 1 heterocycles. The van der Waals surface area contributed by atoms with Crippen LogP contribution < -0.4 is 4.74 Å². The lowest BCUT2D eigenvalue weighted by atomic mass is 9.75. The molecule has 0 saturated heterocycles. The van der Waals surface area contributed by atoms with Gasteiger partial charge in [0.1, 0.15) is 17.1 Å². The lowest BCUT2D eigenvalue weighted by Gasteiger charge is -2.29. The molecule has 1 aromatic carbocycles. The highest BCUT2D eigenvalue weighted by Crippen LogP contribution is 2.51. The zero-order chi connectivity index (χ0) is 19.8. The molecule has 0 saturated carbocycles. The molecule has 2 rings (SSSR count). The summed E-state index contributed by atoms with van der Waals surface area (Å²) in [5, 5.41) is 11.2. The Hall–Kier alpha value is -1.18. The van der Waals surface area contributed by atoms with Crippen LogP contribution in [0.2, 0.25) is 0 Å². The standard InChI is InChI=1S/C24H40O2/c1-9-11-13-24(14-12-10-2)16-17-19(26-24)15-18(22(3,4)5)21(25)20(17)23(6,7)8/h15,25H,9-14,16H2,1-8H3. The van der Waals surface area contributed by atoms with Gasteiger partial charge in [0.15, 0.2) is 0 Å². The van der Waals surface area contributed by atoms with Crippen molar-refractivity contribution in [1.29, 1.82) is 0 Å². The van der Waals surface area contributed by atoms with Crippen molar-refractivity contribution in [3.63, 3.8) is 0 Å². The minimum atomic E-state index is -0.111. The van der Waals surface area contributed by atoms with E-state index in [-0.39, 0.29) is 16.4 Å². The minimum Gasteiger partial charge on any atom is -0.507 e. The fraction of sp³-hybridized carbons (Fsp3) is 0.750. The quantitative estimate of drug-likeness (QED) is 0.589. The molecular weight excluding hydrogens is 320 g/mol. The van der Waals surface area contributed by atoms with Gasteiger partial charge in [-0.25, -0.2) is 0 Å². The van der Waals surface area contributed by atoms with E-state index in [4.69, 9.17) is 4.74 Å². The van der Waals surface area contributed by atoms with Gasteiger partial charge in [-0.05, 0) is 42.6 Å². The third kappa shape index (κ3) is 4.21. The summed E-state index contributed by atoms with van der Waals surface area (Å²) in [6, 6.07) is 2.12. The van der Waals surface area contributed by atoms with E-state index in [1.807, 2.05) is 0 Å². The van der Waals surface area contributed by atoms with E-state index >= 15 is 0 Å². The van der Waals surface area contributed by atoms with Crippen LogP contribution in [-0.2, 0) is 17.3 Å². The number of phenolic OH excluding ortho intramolecular Hbond substituents is 1. The summed E-state index contributed by atoms with van der Waals surface area (Å²) in [5.74, 6) is 1.50. The highest BCUT2D eigenvalue weighted by Gasteiger charge is 2.43. The first-order valence-electron chi connectivity index (χ1n) is 10.5. The molecule has 2 heteroatoms. The molecule has 2 nitrogen and oxygen atoms in total. The molecule has 1 aliphatic rings. The summed E-state index contributed by atoms with van der Waals surface area (Å²) in [6.07, 6.45) is 7.92. The van der Waals surface area contributed by atoms with Gasteiger partial charge in [0.2, 0.25) is 0 Å². The molecule has 0 radical (unpaired) electrons. The van der Waals surface area contributed by atoms with Crippen molar-refractivity contribution in [3.05, 3.63) is 22.8 Å². The first-order chi connectivity index (χ1) is 11.9. The molecule has 0 fully saturated rings. The molecule has 0 unspecified atom stereocenters. The van der Waals surface area contributed by atoms with Gasteiger partial charge in [0.25, 0.3) is 0 Å². The summed E-state index contributed by atoms with van der Waals surface area (Å²) in [4.78, 5) is 0.